The molecule has 0 bridgehead atoms. The molecule has 0 rings (SSSR count). The second-order valence-electron chi connectivity index (χ2n) is 4.35. The van der Waals surface area contributed by atoms with Crippen LogP contribution in [0.4, 0.5) is 17.6 Å². The molecule has 0 radical (unpaired) electrons. The molecule has 1 atom stereocenters. The monoisotopic (exact) mass is 438 g/mol. The van der Waals surface area contributed by atoms with E-state index >= 15 is 0 Å². The Hall–Kier alpha value is -1.52. The quantitative estimate of drug-likeness (QED) is 0.250. The SMILES string of the molecule is CCOC(=O)C(F)(F)C(=O)C(C)Br.CCOC(=O)C(F)(F)C(=O)CC. The average molecular weight is 439 g/mol. The molecule has 25 heavy (non-hydrogen) atoms. The van der Waals surface area contributed by atoms with E-state index in [2.05, 4.69) is 25.4 Å². The maximum atomic E-state index is 12.8. The van der Waals surface area contributed by atoms with Gasteiger partial charge in [-0.25, -0.2) is 9.59 Å². The summed E-state index contributed by atoms with van der Waals surface area (Å²) in [6.45, 7) is 4.91. The van der Waals surface area contributed by atoms with Crippen molar-refractivity contribution >= 4 is 39.4 Å². The van der Waals surface area contributed by atoms with Gasteiger partial charge in [0.05, 0.1) is 18.0 Å². The average Bonchev–Trinajstić information content (AvgIpc) is 2.53. The van der Waals surface area contributed by atoms with Gasteiger partial charge in [-0.1, -0.05) is 22.9 Å². The van der Waals surface area contributed by atoms with Gasteiger partial charge in [-0.2, -0.15) is 17.6 Å². The van der Waals surface area contributed by atoms with Crippen LogP contribution in [0.25, 0.3) is 0 Å². The van der Waals surface area contributed by atoms with Gasteiger partial charge < -0.3 is 9.47 Å². The molecule has 0 amide bonds. The second-order valence-corrected chi connectivity index (χ2v) is 5.72. The van der Waals surface area contributed by atoms with E-state index in [1.54, 1.807) is 0 Å². The molecule has 0 saturated carbocycles. The van der Waals surface area contributed by atoms with Gasteiger partial charge in [-0.15, -0.1) is 0 Å². The van der Waals surface area contributed by atoms with E-state index in [-0.39, 0.29) is 19.6 Å². The van der Waals surface area contributed by atoms with Crippen LogP contribution in [0.15, 0.2) is 0 Å². The number of carbonyl (C=O) groups excluding carboxylic acids is 4. The van der Waals surface area contributed by atoms with Crippen LogP contribution in [-0.4, -0.2) is 53.4 Å². The third-order valence-electron chi connectivity index (χ3n) is 2.41. The topological polar surface area (TPSA) is 86.7 Å². The lowest BCUT2D eigenvalue weighted by Gasteiger charge is -2.14. The molecule has 146 valence electrons. The molecule has 0 aromatic rings. The first-order valence-electron chi connectivity index (χ1n) is 7.12. The van der Waals surface area contributed by atoms with Crippen molar-refractivity contribution in [3.8, 4) is 0 Å². The third-order valence-corrected chi connectivity index (χ3v) is 2.82. The lowest BCUT2D eigenvalue weighted by atomic mass is 10.2. The predicted octanol–water partition coefficient (Wildman–Crippen LogP) is 2.70. The summed E-state index contributed by atoms with van der Waals surface area (Å²) in [4.78, 5) is 41.3. The minimum absolute atomic E-state index is 0.161. The predicted molar refractivity (Wildman–Crippen MR) is 81.9 cm³/mol. The highest BCUT2D eigenvalue weighted by atomic mass is 79.9. The van der Waals surface area contributed by atoms with Crippen molar-refractivity contribution in [2.45, 2.75) is 50.8 Å². The van der Waals surface area contributed by atoms with E-state index in [0.717, 1.165) is 0 Å². The molecule has 0 heterocycles. The summed E-state index contributed by atoms with van der Waals surface area (Å²) in [6, 6.07) is 0. The van der Waals surface area contributed by atoms with Gasteiger partial charge in [0.2, 0.25) is 11.6 Å². The highest BCUT2D eigenvalue weighted by Crippen LogP contribution is 2.21. The van der Waals surface area contributed by atoms with Crippen molar-refractivity contribution in [2.75, 3.05) is 13.2 Å². The van der Waals surface area contributed by atoms with Gasteiger partial charge in [0.1, 0.15) is 0 Å². The summed E-state index contributed by atoms with van der Waals surface area (Å²) in [7, 11) is 0. The molecule has 6 nitrogen and oxygen atoms in total. The zero-order valence-electron chi connectivity index (χ0n) is 14.0. The molecule has 0 spiro atoms. The molecular weight excluding hydrogens is 420 g/mol. The number of alkyl halides is 5. The van der Waals surface area contributed by atoms with Crippen molar-refractivity contribution in [3.05, 3.63) is 0 Å². The summed E-state index contributed by atoms with van der Waals surface area (Å²) < 4.78 is 58.8. The summed E-state index contributed by atoms with van der Waals surface area (Å²) in [5, 5.41) is 0. The standard InChI is InChI=1S/C7H9BrF2O3.C7H10F2O3/c1-3-13-6(12)7(9,10)5(11)4(2)8;1-3-5(10)7(8,9)6(11)12-4-2/h4H,3H2,1-2H3;3-4H2,1-2H3. The highest BCUT2D eigenvalue weighted by Gasteiger charge is 2.50. The lowest BCUT2D eigenvalue weighted by Crippen LogP contribution is -2.42. The first-order valence-corrected chi connectivity index (χ1v) is 8.03. The van der Waals surface area contributed by atoms with Gasteiger partial charge in [0.25, 0.3) is 0 Å². The van der Waals surface area contributed by atoms with Crippen molar-refractivity contribution < 1.29 is 46.2 Å². The Morgan fingerprint density at radius 1 is 0.880 bits per heavy atom. The largest absolute Gasteiger partial charge is 0.461 e. The van der Waals surface area contributed by atoms with Gasteiger partial charge in [0, 0.05) is 6.42 Å². The molecule has 0 aromatic heterocycles. The summed E-state index contributed by atoms with van der Waals surface area (Å²) in [5.74, 6) is -14.5. The van der Waals surface area contributed by atoms with Crippen LogP contribution in [-0.2, 0) is 28.7 Å². The Morgan fingerprint density at radius 2 is 1.24 bits per heavy atom. The Morgan fingerprint density at radius 3 is 1.52 bits per heavy atom. The van der Waals surface area contributed by atoms with Crippen molar-refractivity contribution in [1.29, 1.82) is 0 Å². The lowest BCUT2D eigenvalue weighted by molar-refractivity contribution is -0.177. The first-order chi connectivity index (χ1) is 11.3. The fraction of sp³-hybridized carbons (Fsp3) is 0.714. The minimum atomic E-state index is -4.06. The fourth-order valence-corrected chi connectivity index (χ4v) is 1.42. The van der Waals surface area contributed by atoms with Crippen molar-refractivity contribution in [2.24, 2.45) is 0 Å². The maximum absolute atomic E-state index is 12.8. The Labute approximate surface area is 150 Å². The number of ketones is 2. The van der Waals surface area contributed by atoms with Crippen LogP contribution in [0.2, 0.25) is 0 Å². The van der Waals surface area contributed by atoms with Crippen LogP contribution in [0.3, 0.4) is 0 Å². The van der Waals surface area contributed by atoms with Crippen LogP contribution >= 0.6 is 15.9 Å². The van der Waals surface area contributed by atoms with E-state index < -0.39 is 40.2 Å². The number of esters is 2. The fourth-order valence-electron chi connectivity index (χ4n) is 1.13. The number of hydrogen-bond donors (Lipinski definition) is 0. The number of rotatable bonds is 8. The number of halogens is 5. The van der Waals surface area contributed by atoms with E-state index in [1.165, 1.54) is 27.7 Å². The molecule has 0 aliphatic heterocycles. The molecule has 0 N–H and O–H groups in total. The second kappa shape index (κ2) is 11.2. The zero-order valence-corrected chi connectivity index (χ0v) is 15.6. The number of Topliss-reactive ketones (excluding diaryl/α,β-unsaturated/α-hetero) is 2. The Balaban J connectivity index is 0. The normalized spacial score (nSPS) is 12.4. The molecule has 0 aromatic carbocycles. The van der Waals surface area contributed by atoms with E-state index in [1.807, 2.05) is 0 Å². The van der Waals surface area contributed by atoms with Crippen LogP contribution in [0.1, 0.15) is 34.1 Å². The number of carbonyl (C=O) groups is 4. The molecule has 1 unspecified atom stereocenters. The first kappa shape index (κ1) is 25.7. The van der Waals surface area contributed by atoms with Gasteiger partial charge in [0.15, 0.2) is 0 Å². The van der Waals surface area contributed by atoms with E-state index in [4.69, 9.17) is 0 Å². The number of hydrogen-bond acceptors (Lipinski definition) is 6. The summed E-state index contributed by atoms with van der Waals surface area (Å²) in [6.07, 6.45) is -0.383. The van der Waals surface area contributed by atoms with Crippen molar-refractivity contribution in [1.82, 2.24) is 0 Å². The minimum Gasteiger partial charge on any atom is -0.461 e. The smallest absolute Gasteiger partial charge is 0.400 e. The molecule has 0 aliphatic rings. The van der Waals surface area contributed by atoms with Gasteiger partial charge in [-0.3, -0.25) is 9.59 Å². The maximum Gasteiger partial charge on any atom is 0.400 e. The van der Waals surface area contributed by atoms with Crippen LogP contribution in [0, 0.1) is 0 Å². The summed E-state index contributed by atoms with van der Waals surface area (Å²) in [5.41, 5.74) is 0. The molecular formula is C14H19BrF4O6. The number of ether oxygens (including phenoxy) is 2. The van der Waals surface area contributed by atoms with Crippen LogP contribution in [0.5, 0.6) is 0 Å². The van der Waals surface area contributed by atoms with E-state index in [9.17, 15) is 36.7 Å². The summed E-state index contributed by atoms with van der Waals surface area (Å²) >= 11 is 2.66. The molecule has 0 aliphatic carbocycles. The third kappa shape index (κ3) is 7.93. The highest BCUT2D eigenvalue weighted by molar-refractivity contribution is 9.10. The van der Waals surface area contributed by atoms with Crippen LogP contribution < -0.4 is 0 Å². The van der Waals surface area contributed by atoms with E-state index in [0.29, 0.717) is 0 Å². The van der Waals surface area contributed by atoms with Gasteiger partial charge in [-0.05, 0) is 20.8 Å². The zero-order chi connectivity index (χ0) is 20.4. The van der Waals surface area contributed by atoms with Gasteiger partial charge >= 0.3 is 23.8 Å². The molecule has 11 heteroatoms. The molecule has 0 fully saturated rings. The Kier molecular flexibility index (Phi) is 11.5. The molecule has 0 saturated heterocycles. The van der Waals surface area contributed by atoms with Crippen molar-refractivity contribution in [3.63, 3.8) is 0 Å². The Bertz CT molecular complexity index is 494.